The fourth-order valence-corrected chi connectivity index (χ4v) is 3.01. The van der Waals surface area contributed by atoms with E-state index in [9.17, 15) is 4.79 Å². The summed E-state index contributed by atoms with van der Waals surface area (Å²) in [5.74, 6) is 0.641. The van der Waals surface area contributed by atoms with Crippen LogP contribution in [-0.4, -0.2) is 23.4 Å². The van der Waals surface area contributed by atoms with Crippen LogP contribution in [0, 0.1) is 5.92 Å². The summed E-state index contributed by atoms with van der Waals surface area (Å²) in [5.41, 5.74) is 0.592. The molecule has 0 aliphatic heterocycles. The van der Waals surface area contributed by atoms with Crippen molar-refractivity contribution in [3.63, 3.8) is 0 Å². The van der Waals surface area contributed by atoms with Crippen molar-refractivity contribution in [3.8, 4) is 0 Å². The van der Waals surface area contributed by atoms with Gasteiger partial charge in [0.1, 0.15) is 5.69 Å². The molecule has 0 saturated heterocycles. The largest absolute Gasteiger partial charge is 0.345 e. The van der Waals surface area contributed by atoms with Crippen LogP contribution in [-0.2, 0) is 0 Å². The Hall–Kier alpha value is -0.900. The maximum atomic E-state index is 11.3. The van der Waals surface area contributed by atoms with E-state index >= 15 is 0 Å². The molecule has 102 valence electrons. The van der Waals surface area contributed by atoms with E-state index in [-0.39, 0.29) is 5.78 Å². The first kappa shape index (κ1) is 15.2. The lowest BCUT2D eigenvalue weighted by Crippen LogP contribution is -2.37. The van der Waals surface area contributed by atoms with Gasteiger partial charge in [-0.25, -0.2) is 4.98 Å². The highest BCUT2D eigenvalue weighted by Crippen LogP contribution is 2.26. The lowest BCUT2D eigenvalue weighted by molar-refractivity contribution is 0.101. The lowest BCUT2D eigenvalue weighted by atomic mass is 10.1. The highest BCUT2D eigenvalue weighted by Gasteiger charge is 2.20. The van der Waals surface area contributed by atoms with E-state index in [4.69, 9.17) is 0 Å². The minimum absolute atomic E-state index is 0.0477. The molecule has 0 bridgehead atoms. The predicted molar refractivity (Wildman–Crippen MR) is 78.7 cm³/mol. The van der Waals surface area contributed by atoms with Crippen LogP contribution < -0.4 is 4.90 Å². The molecule has 0 saturated carbocycles. The molecule has 0 amide bonds. The number of Topliss-reactive ketones (excluding diaryl/α,β-unsaturated/α-hetero) is 1. The average molecular weight is 268 g/mol. The van der Waals surface area contributed by atoms with Gasteiger partial charge in [-0.3, -0.25) is 4.79 Å². The maximum absolute atomic E-state index is 11.3. The molecule has 3 nitrogen and oxygen atoms in total. The Kier molecular flexibility index (Phi) is 5.79. The highest BCUT2D eigenvalue weighted by atomic mass is 32.1. The Balaban J connectivity index is 2.96. The zero-order chi connectivity index (χ0) is 13.7. The van der Waals surface area contributed by atoms with Crippen molar-refractivity contribution in [2.24, 2.45) is 5.92 Å². The molecule has 1 rings (SSSR count). The Morgan fingerprint density at radius 3 is 2.39 bits per heavy atom. The molecule has 0 aliphatic rings. The van der Waals surface area contributed by atoms with Crippen molar-refractivity contribution < 1.29 is 4.79 Å². The van der Waals surface area contributed by atoms with Crippen LogP contribution in [0.3, 0.4) is 0 Å². The smallest absolute Gasteiger partial charge is 0.186 e. The fourth-order valence-electron chi connectivity index (χ4n) is 2.06. The lowest BCUT2D eigenvalue weighted by Gasteiger charge is -2.31. The number of ketones is 1. The Morgan fingerprint density at radius 1 is 1.39 bits per heavy atom. The number of hydrogen-bond donors (Lipinski definition) is 0. The normalized spacial score (nSPS) is 11.3. The summed E-state index contributed by atoms with van der Waals surface area (Å²) in [6, 6.07) is 0.512. The van der Waals surface area contributed by atoms with Crippen molar-refractivity contribution in [1.29, 1.82) is 0 Å². The third-order valence-electron chi connectivity index (χ3n) is 3.04. The first-order chi connectivity index (χ1) is 8.49. The van der Waals surface area contributed by atoms with Crippen molar-refractivity contribution in [1.82, 2.24) is 4.98 Å². The minimum atomic E-state index is 0.0477. The molecular weight excluding hydrogens is 244 g/mol. The summed E-state index contributed by atoms with van der Waals surface area (Å²) >= 11 is 1.58. The van der Waals surface area contributed by atoms with E-state index in [1.807, 2.05) is 5.38 Å². The number of rotatable bonds is 7. The second-order valence-electron chi connectivity index (χ2n) is 5.09. The molecule has 0 aromatic carbocycles. The summed E-state index contributed by atoms with van der Waals surface area (Å²) in [4.78, 5) is 18.2. The Bertz CT molecular complexity index is 383. The van der Waals surface area contributed by atoms with Gasteiger partial charge in [-0.2, -0.15) is 0 Å². The van der Waals surface area contributed by atoms with Crippen molar-refractivity contribution in [3.05, 3.63) is 11.1 Å². The summed E-state index contributed by atoms with van der Waals surface area (Å²) in [6.07, 6.45) is 2.22. The summed E-state index contributed by atoms with van der Waals surface area (Å²) in [5, 5.41) is 2.86. The van der Waals surface area contributed by atoms with Crippen LogP contribution >= 0.6 is 11.3 Å². The molecule has 0 aliphatic carbocycles. The molecule has 0 N–H and O–H groups in total. The van der Waals surface area contributed by atoms with Gasteiger partial charge in [0, 0.05) is 24.9 Å². The van der Waals surface area contributed by atoms with Crippen LogP contribution in [0.1, 0.15) is 57.9 Å². The van der Waals surface area contributed by atoms with E-state index in [1.54, 1.807) is 18.3 Å². The van der Waals surface area contributed by atoms with Crippen LogP contribution in [0.4, 0.5) is 5.13 Å². The second-order valence-corrected chi connectivity index (χ2v) is 5.92. The zero-order valence-electron chi connectivity index (χ0n) is 12.1. The molecule has 0 radical (unpaired) electrons. The van der Waals surface area contributed by atoms with Crippen LogP contribution in [0.25, 0.3) is 0 Å². The van der Waals surface area contributed by atoms with E-state index in [2.05, 4.69) is 37.6 Å². The molecule has 0 unspecified atom stereocenters. The number of nitrogens with zero attached hydrogens (tertiary/aromatic N) is 2. The third-order valence-corrected chi connectivity index (χ3v) is 3.92. The topological polar surface area (TPSA) is 33.2 Å². The summed E-state index contributed by atoms with van der Waals surface area (Å²) < 4.78 is 0. The first-order valence-corrected chi connectivity index (χ1v) is 7.60. The molecular formula is C14H24N2OS. The molecule has 0 fully saturated rings. The molecule has 1 aromatic rings. The quantitative estimate of drug-likeness (QED) is 0.701. The fraction of sp³-hybridized carbons (Fsp3) is 0.714. The van der Waals surface area contributed by atoms with E-state index in [0.717, 1.165) is 24.5 Å². The van der Waals surface area contributed by atoms with Gasteiger partial charge in [0.05, 0.1) is 0 Å². The van der Waals surface area contributed by atoms with Crippen molar-refractivity contribution >= 4 is 22.3 Å². The number of aromatic nitrogens is 1. The molecule has 1 aromatic heterocycles. The molecule has 0 atom stereocenters. The second kappa shape index (κ2) is 6.88. The van der Waals surface area contributed by atoms with Gasteiger partial charge in [-0.15, -0.1) is 11.3 Å². The number of thiazole rings is 1. The van der Waals surface area contributed by atoms with Crippen molar-refractivity contribution in [2.45, 2.75) is 53.5 Å². The number of carbonyl (C=O) groups excluding carboxylic acids is 1. The first-order valence-electron chi connectivity index (χ1n) is 6.72. The zero-order valence-corrected chi connectivity index (χ0v) is 12.9. The van der Waals surface area contributed by atoms with Gasteiger partial charge >= 0.3 is 0 Å². The molecule has 1 heterocycles. The Morgan fingerprint density at radius 2 is 2.00 bits per heavy atom. The summed E-state index contributed by atoms with van der Waals surface area (Å²) in [6.45, 7) is 11.4. The van der Waals surface area contributed by atoms with Gasteiger partial charge < -0.3 is 4.90 Å². The van der Waals surface area contributed by atoms with Crippen LogP contribution in [0.15, 0.2) is 5.38 Å². The van der Waals surface area contributed by atoms with Gasteiger partial charge in [0.25, 0.3) is 0 Å². The maximum Gasteiger partial charge on any atom is 0.186 e. The molecule has 18 heavy (non-hydrogen) atoms. The van der Waals surface area contributed by atoms with Crippen LogP contribution in [0.5, 0.6) is 0 Å². The van der Waals surface area contributed by atoms with E-state index < -0.39 is 0 Å². The van der Waals surface area contributed by atoms with E-state index in [1.165, 1.54) is 0 Å². The SMILES string of the molecule is CCC(CC)N(CC(C)C)c1nc(C(C)=O)cs1. The minimum Gasteiger partial charge on any atom is -0.345 e. The average Bonchev–Trinajstić information content (AvgIpc) is 2.78. The summed E-state index contributed by atoms with van der Waals surface area (Å²) in [7, 11) is 0. The molecule has 0 spiro atoms. The van der Waals surface area contributed by atoms with Crippen LogP contribution in [0.2, 0.25) is 0 Å². The monoisotopic (exact) mass is 268 g/mol. The third kappa shape index (κ3) is 3.80. The van der Waals surface area contributed by atoms with E-state index in [0.29, 0.717) is 17.7 Å². The van der Waals surface area contributed by atoms with Gasteiger partial charge in [0.15, 0.2) is 10.9 Å². The molecule has 4 heteroatoms. The Labute approximate surface area is 114 Å². The standard InChI is InChI=1S/C14H24N2OS/c1-6-12(7-2)16(8-10(3)4)14-15-13(9-18-14)11(5)17/h9-10,12H,6-8H2,1-5H3. The predicted octanol–water partition coefficient (Wildman–Crippen LogP) is 4.00. The number of carbonyl (C=O) groups is 1. The van der Waals surface area contributed by atoms with Gasteiger partial charge in [-0.1, -0.05) is 27.7 Å². The highest BCUT2D eigenvalue weighted by molar-refractivity contribution is 7.13. The van der Waals surface area contributed by atoms with Gasteiger partial charge in [0.2, 0.25) is 0 Å². The number of anilines is 1. The number of hydrogen-bond acceptors (Lipinski definition) is 4. The van der Waals surface area contributed by atoms with Crippen molar-refractivity contribution in [2.75, 3.05) is 11.4 Å². The van der Waals surface area contributed by atoms with Gasteiger partial charge in [-0.05, 0) is 18.8 Å².